The number of benzene rings is 1. The molecule has 0 spiro atoms. The van der Waals surface area contributed by atoms with Crippen molar-refractivity contribution < 1.29 is 14.3 Å². The van der Waals surface area contributed by atoms with Crippen molar-refractivity contribution >= 4 is 5.91 Å². The van der Waals surface area contributed by atoms with Gasteiger partial charge in [-0.05, 0) is 49.9 Å². The van der Waals surface area contributed by atoms with Crippen LogP contribution in [0.2, 0.25) is 0 Å². The van der Waals surface area contributed by atoms with E-state index in [1.165, 1.54) is 19.3 Å². The van der Waals surface area contributed by atoms with E-state index in [0.29, 0.717) is 5.75 Å². The third-order valence-electron chi connectivity index (χ3n) is 3.25. The Balaban J connectivity index is 1.82. The number of carbonyl (C=O) groups excluding carboxylic acids is 1. The summed E-state index contributed by atoms with van der Waals surface area (Å²) in [6, 6.07) is 7.27. The van der Waals surface area contributed by atoms with Crippen LogP contribution in [0.1, 0.15) is 26.2 Å². The van der Waals surface area contributed by atoms with E-state index in [1.807, 2.05) is 12.1 Å². The minimum absolute atomic E-state index is 0.472. The second-order valence-corrected chi connectivity index (χ2v) is 4.74. The first-order valence-electron chi connectivity index (χ1n) is 6.34. The Hall–Kier alpha value is -1.71. The molecule has 0 aromatic heterocycles. The Labute approximate surface area is 107 Å². The van der Waals surface area contributed by atoms with Crippen molar-refractivity contribution in [3.8, 4) is 11.5 Å². The number of hydrogen-bond donors (Lipinski definition) is 1. The van der Waals surface area contributed by atoms with Crippen LogP contribution in [0.25, 0.3) is 0 Å². The van der Waals surface area contributed by atoms with E-state index < -0.39 is 12.0 Å². The van der Waals surface area contributed by atoms with E-state index in [2.05, 4.69) is 0 Å². The highest BCUT2D eigenvalue weighted by molar-refractivity contribution is 5.78. The summed E-state index contributed by atoms with van der Waals surface area (Å²) in [7, 11) is 0. The topological polar surface area (TPSA) is 61.6 Å². The fourth-order valence-corrected chi connectivity index (χ4v) is 1.75. The van der Waals surface area contributed by atoms with Gasteiger partial charge in [-0.3, -0.25) is 4.79 Å². The molecule has 1 aromatic carbocycles. The van der Waals surface area contributed by atoms with Crippen LogP contribution in [-0.4, -0.2) is 18.6 Å². The van der Waals surface area contributed by atoms with Gasteiger partial charge < -0.3 is 15.2 Å². The third-order valence-corrected chi connectivity index (χ3v) is 3.25. The van der Waals surface area contributed by atoms with Gasteiger partial charge in [-0.25, -0.2) is 0 Å². The van der Waals surface area contributed by atoms with E-state index in [0.717, 1.165) is 18.3 Å². The van der Waals surface area contributed by atoms with Crippen LogP contribution in [0.4, 0.5) is 0 Å². The lowest BCUT2D eigenvalue weighted by Crippen LogP contribution is -2.30. The normalized spacial score (nSPS) is 16.7. The Morgan fingerprint density at radius 3 is 2.44 bits per heavy atom. The smallest absolute Gasteiger partial charge is 0.258 e. The maximum absolute atomic E-state index is 10.9. The number of carbonyl (C=O) groups is 1. The zero-order valence-corrected chi connectivity index (χ0v) is 10.6. The van der Waals surface area contributed by atoms with Crippen molar-refractivity contribution in [1.82, 2.24) is 0 Å². The molecule has 0 heterocycles. The fourth-order valence-electron chi connectivity index (χ4n) is 1.75. The molecule has 1 fully saturated rings. The molecular weight excluding hydrogens is 230 g/mol. The summed E-state index contributed by atoms with van der Waals surface area (Å²) in [4.78, 5) is 10.9. The molecule has 1 aromatic rings. The van der Waals surface area contributed by atoms with Crippen molar-refractivity contribution in [1.29, 1.82) is 0 Å². The molecule has 1 saturated carbocycles. The van der Waals surface area contributed by atoms with Crippen LogP contribution in [0.15, 0.2) is 24.3 Å². The third kappa shape index (κ3) is 3.39. The summed E-state index contributed by atoms with van der Waals surface area (Å²) in [6.07, 6.45) is 3.26. The Bertz CT molecular complexity index is 398. The van der Waals surface area contributed by atoms with Gasteiger partial charge in [-0.2, -0.15) is 0 Å². The van der Waals surface area contributed by atoms with Gasteiger partial charge >= 0.3 is 0 Å². The first-order valence-corrected chi connectivity index (χ1v) is 6.34. The van der Waals surface area contributed by atoms with Crippen LogP contribution < -0.4 is 15.2 Å². The first kappa shape index (κ1) is 12.7. The van der Waals surface area contributed by atoms with Gasteiger partial charge in [0.05, 0.1) is 6.61 Å². The molecule has 1 atom stereocenters. The van der Waals surface area contributed by atoms with Crippen LogP contribution in [0.5, 0.6) is 11.5 Å². The number of primary amides is 1. The standard InChI is InChI=1S/C14H19NO3/c1-10(14(15)16)18-13-7-5-12(6-8-13)17-9-11-3-2-4-11/h5-8,10-11H,2-4,9H2,1H3,(H2,15,16). The van der Waals surface area contributed by atoms with Gasteiger partial charge in [0.15, 0.2) is 6.10 Å². The average Bonchev–Trinajstić information content (AvgIpc) is 2.29. The van der Waals surface area contributed by atoms with Crippen molar-refractivity contribution in [2.45, 2.75) is 32.3 Å². The minimum atomic E-state index is -0.619. The maximum Gasteiger partial charge on any atom is 0.258 e. The summed E-state index contributed by atoms with van der Waals surface area (Å²) in [5, 5.41) is 0. The number of nitrogens with two attached hydrogens (primary N) is 1. The van der Waals surface area contributed by atoms with E-state index >= 15 is 0 Å². The van der Waals surface area contributed by atoms with Gasteiger partial charge in [0.2, 0.25) is 0 Å². The molecule has 1 amide bonds. The van der Waals surface area contributed by atoms with E-state index in [-0.39, 0.29) is 0 Å². The lowest BCUT2D eigenvalue weighted by Gasteiger charge is -2.25. The molecule has 2 rings (SSSR count). The molecule has 0 radical (unpaired) electrons. The second-order valence-electron chi connectivity index (χ2n) is 4.74. The second kappa shape index (κ2) is 5.76. The van der Waals surface area contributed by atoms with Gasteiger partial charge in [0.1, 0.15) is 11.5 Å². The predicted molar refractivity (Wildman–Crippen MR) is 68.6 cm³/mol. The van der Waals surface area contributed by atoms with Gasteiger partial charge in [0.25, 0.3) is 5.91 Å². The summed E-state index contributed by atoms with van der Waals surface area (Å²) in [5.41, 5.74) is 5.13. The highest BCUT2D eigenvalue weighted by atomic mass is 16.5. The molecule has 1 unspecified atom stereocenters. The lowest BCUT2D eigenvalue weighted by molar-refractivity contribution is -0.123. The molecule has 4 nitrogen and oxygen atoms in total. The Morgan fingerprint density at radius 2 is 1.94 bits per heavy atom. The number of amides is 1. The van der Waals surface area contributed by atoms with Crippen LogP contribution in [0.3, 0.4) is 0 Å². The molecule has 18 heavy (non-hydrogen) atoms. The molecule has 0 saturated heterocycles. The SMILES string of the molecule is CC(Oc1ccc(OCC2CCC2)cc1)C(N)=O. The van der Waals surface area contributed by atoms with Gasteiger partial charge in [-0.15, -0.1) is 0 Å². The van der Waals surface area contributed by atoms with Crippen molar-refractivity contribution in [2.75, 3.05) is 6.61 Å². The number of ether oxygens (including phenoxy) is 2. The number of rotatable bonds is 6. The Kier molecular flexibility index (Phi) is 4.07. The molecule has 1 aliphatic carbocycles. The zero-order valence-electron chi connectivity index (χ0n) is 10.6. The van der Waals surface area contributed by atoms with Gasteiger partial charge in [0, 0.05) is 0 Å². The van der Waals surface area contributed by atoms with Crippen molar-refractivity contribution in [3.63, 3.8) is 0 Å². The van der Waals surface area contributed by atoms with Crippen molar-refractivity contribution in [2.24, 2.45) is 11.7 Å². The maximum atomic E-state index is 10.9. The quantitative estimate of drug-likeness (QED) is 0.840. The van der Waals surface area contributed by atoms with Crippen LogP contribution in [-0.2, 0) is 4.79 Å². The largest absolute Gasteiger partial charge is 0.493 e. The Morgan fingerprint density at radius 1 is 1.33 bits per heavy atom. The zero-order chi connectivity index (χ0) is 13.0. The highest BCUT2D eigenvalue weighted by Crippen LogP contribution is 2.27. The molecule has 98 valence electrons. The van der Waals surface area contributed by atoms with E-state index in [9.17, 15) is 4.79 Å². The number of hydrogen-bond acceptors (Lipinski definition) is 3. The molecule has 1 aliphatic rings. The summed E-state index contributed by atoms with van der Waals surface area (Å²) < 4.78 is 11.0. The minimum Gasteiger partial charge on any atom is -0.493 e. The molecular formula is C14H19NO3. The lowest BCUT2D eigenvalue weighted by atomic mass is 9.86. The van der Waals surface area contributed by atoms with E-state index in [4.69, 9.17) is 15.2 Å². The molecule has 2 N–H and O–H groups in total. The summed E-state index contributed by atoms with van der Waals surface area (Å²) >= 11 is 0. The average molecular weight is 249 g/mol. The first-order chi connectivity index (χ1) is 8.65. The van der Waals surface area contributed by atoms with E-state index in [1.54, 1.807) is 19.1 Å². The highest BCUT2D eigenvalue weighted by Gasteiger charge is 2.17. The van der Waals surface area contributed by atoms with Crippen LogP contribution in [0, 0.1) is 5.92 Å². The predicted octanol–water partition coefficient (Wildman–Crippen LogP) is 2.12. The molecule has 4 heteroatoms. The summed E-state index contributed by atoms with van der Waals surface area (Å²) in [5.74, 6) is 1.70. The monoisotopic (exact) mass is 249 g/mol. The van der Waals surface area contributed by atoms with Crippen molar-refractivity contribution in [3.05, 3.63) is 24.3 Å². The summed E-state index contributed by atoms with van der Waals surface area (Å²) in [6.45, 7) is 2.42. The molecule has 0 bridgehead atoms. The van der Waals surface area contributed by atoms with Gasteiger partial charge in [-0.1, -0.05) is 6.42 Å². The molecule has 0 aliphatic heterocycles. The fraction of sp³-hybridized carbons (Fsp3) is 0.500. The van der Waals surface area contributed by atoms with Crippen LogP contribution >= 0.6 is 0 Å².